The lowest BCUT2D eigenvalue weighted by molar-refractivity contribution is 0.769. The predicted octanol–water partition coefficient (Wildman–Crippen LogP) is 6.78. The van der Waals surface area contributed by atoms with Gasteiger partial charge >= 0.3 is 0 Å². The zero-order valence-electron chi connectivity index (χ0n) is 20.2. The fourth-order valence-corrected chi connectivity index (χ4v) is 4.47. The van der Waals surface area contributed by atoms with Gasteiger partial charge in [-0.25, -0.2) is 0 Å². The minimum atomic E-state index is 0.158. The van der Waals surface area contributed by atoms with Crippen molar-refractivity contribution in [3.8, 4) is 0 Å². The van der Waals surface area contributed by atoms with Gasteiger partial charge in [-0.1, -0.05) is 51.0 Å². The molecule has 0 bridgehead atoms. The van der Waals surface area contributed by atoms with Gasteiger partial charge in [0.2, 0.25) is 0 Å². The second kappa shape index (κ2) is 11.1. The van der Waals surface area contributed by atoms with E-state index in [2.05, 4.69) is 93.5 Å². The molecule has 0 aliphatic rings. The monoisotopic (exact) mass is 429 g/mol. The molecule has 0 radical (unpaired) electrons. The molecule has 3 aromatic carbocycles. The van der Waals surface area contributed by atoms with Crippen LogP contribution < -0.4 is 16.4 Å². The van der Waals surface area contributed by atoms with E-state index in [1.807, 2.05) is 0 Å². The molecule has 3 nitrogen and oxygen atoms in total. The molecule has 0 aliphatic heterocycles. The van der Waals surface area contributed by atoms with Gasteiger partial charge in [-0.3, -0.25) is 0 Å². The van der Waals surface area contributed by atoms with Crippen molar-refractivity contribution in [2.45, 2.75) is 58.3 Å². The van der Waals surface area contributed by atoms with Gasteiger partial charge in [-0.15, -0.1) is 0 Å². The number of benzene rings is 3. The van der Waals surface area contributed by atoms with Crippen LogP contribution >= 0.6 is 0 Å². The van der Waals surface area contributed by atoms with Gasteiger partial charge in [0, 0.05) is 37.1 Å². The Kier molecular flexibility index (Phi) is 8.21. The summed E-state index contributed by atoms with van der Waals surface area (Å²) in [5, 5.41) is 0. The predicted molar refractivity (Wildman–Crippen MR) is 141 cm³/mol. The highest BCUT2D eigenvalue weighted by molar-refractivity contribution is 5.57. The van der Waals surface area contributed by atoms with Gasteiger partial charge < -0.3 is 16.4 Å². The number of nitrogen functional groups attached to an aromatic ring is 2. The second-order valence-electron chi connectivity index (χ2n) is 9.04. The number of aryl methyl sites for hydroxylation is 2. The van der Waals surface area contributed by atoms with E-state index >= 15 is 0 Å². The van der Waals surface area contributed by atoms with E-state index in [0.29, 0.717) is 0 Å². The number of nitrogens with zero attached hydrogens (tertiary/aromatic N) is 1. The molecule has 0 spiro atoms. The van der Waals surface area contributed by atoms with Gasteiger partial charge in [0.25, 0.3) is 0 Å². The molecule has 0 aliphatic carbocycles. The normalized spacial score (nSPS) is 11.2. The standard InChI is InChI=1S/C29H39N3/c1-5-7-9-22-19-24(30)13-17-27(22)29(21-11-15-26(16-12-21)32(3)4)28-18-14-25(31)20-23(28)10-8-6-2/h11-20,29H,5-10,30-31H2,1-4H3. The molecule has 3 heteroatoms. The van der Waals surface area contributed by atoms with E-state index in [4.69, 9.17) is 11.5 Å². The maximum absolute atomic E-state index is 6.22. The Morgan fingerprint density at radius 2 is 1.16 bits per heavy atom. The van der Waals surface area contributed by atoms with Crippen LogP contribution in [0.3, 0.4) is 0 Å². The Labute approximate surface area is 194 Å². The Hall–Kier alpha value is -2.94. The molecule has 3 rings (SSSR count). The molecule has 4 N–H and O–H groups in total. The number of unbranched alkanes of at least 4 members (excludes halogenated alkanes) is 2. The summed E-state index contributed by atoms with van der Waals surface area (Å²) in [6, 6.07) is 21.9. The second-order valence-corrected chi connectivity index (χ2v) is 9.04. The topological polar surface area (TPSA) is 55.3 Å². The van der Waals surface area contributed by atoms with Gasteiger partial charge in [-0.2, -0.15) is 0 Å². The molecule has 0 heterocycles. The molecule has 32 heavy (non-hydrogen) atoms. The lowest BCUT2D eigenvalue weighted by atomic mass is 9.79. The fraction of sp³-hybridized carbons (Fsp3) is 0.379. The lowest BCUT2D eigenvalue weighted by Crippen LogP contribution is -2.12. The molecule has 0 saturated carbocycles. The minimum Gasteiger partial charge on any atom is -0.399 e. The summed E-state index contributed by atoms with van der Waals surface area (Å²) in [6.45, 7) is 4.48. The average molecular weight is 430 g/mol. The molecular formula is C29H39N3. The molecular weight excluding hydrogens is 390 g/mol. The van der Waals surface area contributed by atoms with E-state index < -0.39 is 0 Å². The van der Waals surface area contributed by atoms with Crippen LogP contribution in [0, 0.1) is 0 Å². The third-order valence-corrected chi connectivity index (χ3v) is 6.30. The van der Waals surface area contributed by atoms with Crippen molar-refractivity contribution in [2.24, 2.45) is 0 Å². The van der Waals surface area contributed by atoms with Crippen LogP contribution in [-0.2, 0) is 12.8 Å². The SMILES string of the molecule is CCCCc1cc(N)ccc1C(c1ccc(N(C)C)cc1)c1ccc(N)cc1CCCC. The minimum absolute atomic E-state index is 0.158. The zero-order chi connectivity index (χ0) is 23.1. The van der Waals surface area contributed by atoms with Crippen LogP contribution in [0.2, 0.25) is 0 Å². The van der Waals surface area contributed by atoms with Gasteiger partial charge in [-0.05, 0) is 89.9 Å². The number of anilines is 3. The van der Waals surface area contributed by atoms with Crippen LogP contribution in [0.15, 0.2) is 60.7 Å². The Morgan fingerprint density at radius 1 is 0.688 bits per heavy atom. The Balaban J connectivity index is 2.20. The number of nitrogens with two attached hydrogens (primary N) is 2. The lowest BCUT2D eigenvalue weighted by Gasteiger charge is -2.26. The third kappa shape index (κ3) is 5.64. The van der Waals surface area contributed by atoms with Crippen LogP contribution in [0.1, 0.15) is 73.3 Å². The highest BCUT2D eigenvalue weighted by Crippen LogP contribution is 2.38. The summed E-state index contributed by atoms with van der Waals surface area (Å²) in [7, 11) is 4.16. The molecule has 170 valence electrons. The number of rotatable bonds is 10. The average Bonchev–Trinajstić information content (AvgIpc) is 2.79. The van der Waals surface area contributed by atoms with Crippen molar-refractivity contribution in [3.05, 3.63) is 88.5 Å². The smallest absolute Gasteiger partial charge is 0.0361 e. The van der Waals surface area contributed by atoms with Gasteiger partial charge in [0.15, 0.2) is 0 Å². The Morgan fingerprint density at radius 3 is 1.56 bits per heavy atom. The van der Waals surface area contributed by atoms with Crippen LogP contribution in [-0.4, -0.2) is 14.1 Å². The first kappa shape index (κ1) is 23.7. The molecule has 0 unspecified atom stereocenters. The van der Waals surface area contributed by atoms with Gasteiger partial charge in [0.1, 0.15) is 0 Å². The Bertz CT molecular complexity index is 948. The van der Waals surface area contributed by atoms with Crippen molar-refractivity contribution < 1.29 is 0 Å². The summed E-state index contributed by atoms with van der Waals surface area (Å²) in [5.74, 6) is 0.158. The number of hydrogen-bond donors (Lipinski definition) is 2. The zero-order valence-corrected chi connectivity index (χ0v) is 20.2. The highest BCUT2D eigenvalue weighted by Gasteiger charge is 2.23. The first-order valence-corrected chi connectivity index (χ1v) is 12.0. The van der Waals surface area contributed by atoms with Crippen molar-refractivity contribution >= 4 is 17.1 Å². The van der Waals surface area contributed by atoms with E-state index in [9.17, 15) is 0 Å². The van der Waals surface area contributed by atoms with E-state index in [1.54, 1.807) is 0 Å². The van der Waals surface area contributed by atoms with Crippen LogP contribution in [0.5, 0.6) is 0 Å². The summed E-state index contributed by atoms with van der Waals surface area (Å²) < 4.78 is 0. The van der Waals surface area contributed by atoms with E-state index in [1.165, 1.54) is 46.3 Å². The molecule has 0 aromatic heterocycles. The summed E-state index contributed by atoms with van der Waals surface area (Å²) in [6.07, 6.45) is 6.74. The van der Waals surface area contributed by atoms with Crippen molar-refractivity contribution in [1.82, 2.24) is 0 Å². The van der Waals surface area contributed by atoms with Crippen LogP contribution in [0.25, 0.3) is 0 Å². The molecule has 0 saturated heterocycles. The fourth-order valence-electron chi connectivity index (χ4n) is 4.47. The van der Waals surface area contributed by atoms with Crippen molar-refractivity contribution in [3.63, 3.8) is 0 Å². The quantitative estimate of drug-likeness (QED) is 0.276. The first-order chi connectivity index (χ1) is 15.4. The summed E-state index contributed by atoms with van der Waals surface area (Å²) in [5.41, 5.74) is 22.1. The molecule has 0 fully saturated rings. The molecule has 3 aromatic rings. The molecule has 0 atom stereocenters. The summed E-state index contributed by atoms with van der Waals surface area (Å²) in [4.78, 5) is 2.14. The van der Waals surface area contributed by atoms with E-state index in [-0.39, 0.29) is 5.92 Å². The van der Waals surface area contributed by atoms with E-state index in [0.717, 1.165) is 37.1 Å². The summed E-state index contributed by atoms with van der Waals surface area (Å²) >= 11 is 0. The largest absolute Gasteiger partial charge is 0.399 e. The highest BCUT2D eigenvalue weighted by atomic mass is 15.1. The maximum Gasteiger partial charge on any atom is 0.0361 e. The molecule has 0 amide bonds. The van der Waals surface area contributed by atoms with Crippen molar-refractivity contribution in [2.75, 3.05) is 30.5 Å². The number of hydrogen-bond acceptors (Lipinski definition) is 3. The maximum atomic E-state index is 6.22. The first-order valence-electron chi connectivity index (χ1n) is 12.0. The third-order valence-electron chi connectivity index (χ3n) is 6.30. The van der Waals surface area contributed by atoms with Crippen molar-refractivity contribution in [1.29, 1.82) is 0 Å². The van der Waals surface area contributed by atoms with Gasteiger partial charge in [0.05, 0.1) is 0 Å². The van der Waals surface area contributed by atoms with Crippen LogP contribution in [0.4, 0.5) is 17.1 Å².